The summed E-state index contributed by atoms with van der Waals surface area (Å²) in [6.07, 6.45) is 1.69. The molecule has 0 bridgehead atoms. The number of ketones is 1. The predicted octanol–water partition coefficient (Wildman–Crippen LogP) is 0.669. The standard InChI is InChI=1S/C7H7FO2/c8-6-1-2-7(10)5(3-6)4-9/h1-2,4-6H,3H2. The molecule has 0 saturated heterocycles. The zero-order valence-corrected chi connectivity index (χ0v) is 5.29. The van der Waals surface area contributed by atoms with Crippen molar-refractivity contribution in [3.63, 3.8) is 0 Å². The van der Waals surface area contributed by atoms with E-state index in [1.807, 2.05) is 0 Å². The van der Waals surface area contributed by atoms with Gasteiger partial charge in [-0.15, -0.1) is 0 Å². The minimum absolute atomic E-state index is 0.0127. The van der Waals surface area contributed by atoms with Crippen LogP contribution < -0.4 is 0 Å². The highest BCUT2D eigenvalue weighted by atomic mass is 19.1. The van der Waals surface area contributed by atoms with Crippen LogP contribution in [0.3, 0.4) is 0 Å². The number of allylic oxidation sites excluding steroid dienone is 2. The third-order valence-corrected chi connectivity index (χ3v) is 1.48. The summed E-state index contributed by atoms with van der Waals surface area (Å²) >= 11 is 0. The maximum absolute atomic E-state index is 12.4. The highest BCUT2D eigenvalue weighted by Gasteiger charge is 2.23. The zero-order valence-electron chi connectivity index (χ0n) is 5.29. The fourth-order valence-electron chi connectivity index (χ4n) is 0.883. The Morgan fingerprint density at radius 1 is 1.70 bits per heavy atom. The van der Waals surface area contributed by atoms with Gasteiger partial charge < -0.3 is 4.79 Å². The van der Waals surface area contributed by atoms with Crippen LogP contribution in [-0.2, 0) is 9.59 Å². The molecular formula is C7H7FO2. The van der Waals surface area contributed by atoms with Gasteiger partial charge in [0.25, 0.3) is 0 Å². The molecule has 2 atom stereocenters. The van der Waals surface area contributed by atoms with E-state index in [-0.39, 0.29) is 12.2 Å². The van der Waals surface area contributed by atoms with Crippen LogP contribution in [0.15, 0.2) is 12.2 Å². The third-order valence-electron chi connectivity index (χ3n) is 1.48. The fraction of sp³-hybridized carbons (Fsp3) is 0.429. The van der Waals surface area contributed by atoms with Crippen LogP contribution in [0, 0.1) is 5.92 Å². The Bertz CT molecular complexity index is 186. The third kappa shape index (κ3) is 1.29. The predicted molar refractivity (Wildman–Crippen MR) is 33.2 cm³/mol. The van der Waals surface area contributed by atoms with Crippen molar-refractivity contribution in [2.75, 3.05) is 0 Å². The van der Waals surface area contributed by atoms with E-state index in [0.29, 0.717) is 6.29 Å². The number of alkyl halides is 1. The minimum atomic E-state index is -1.13. The summed E-state index contributed by atoms with van der Waals surface area (Å²) in [6, 6.07) is 0. The summed E-state index contributed by atoms with van der Waals surface area (Å²) in [6.45, 7) is 0. The summed E-state index contributed by atoms with van der Waals surface area (Å²) in [5.41, 5.74) is 0. The molecule has 0 heterocycles. The molecule has 2 unspecified atom stereocenters. The van der Waals surface area contributed by atoms with Crippen molar-refractivity contribution in [3.05, 3.63) is 12.2 Å². The maximum atomic E-state index is 12.4. The van der Waals surface area contributed by atoms with Gasteiger partial charge in [-0.3, -0.25) is 4.79 Å². The van der Waals surface area contributed by atoms with Gasteiger partial charge in [-0.05, 0) is 18.6 Å². The van der Waals surface area contributed by atoms with Gasteiger partial charge in [0.05, 0.1) is 5.92 Å². The molecule has 10 heavy (non-hydrogen) atoms. The average Bonchev–Trinajstić information content (AvgIpc) is 1.94. The summed E-state index contributed by atoms with van der Waals surface area (Å²) in [5.74, 6) is -1.04. The molecule has 1 rings (SSSR count). The monoisotopic (exact) mass is 142 g/mol. The van der Waals surface area contributed by atoms with Crippen LogP contribution in [0.2, 0.25) is 0 Å². The van der Waals surface area contributed by atoms with Crippen LogP contribution in [0.25, 0.3) is 0 Å². The van der Waals surface area contributed by atoms with Crippen molar-refractivity contribution in [2.24, 2.45) is 5.92 Å². The quantitative estimate of drug-likeness (QED) is 0.398. The molecule has 0 amide bonds. The molecule has 0 aromatic heterocycles. The molecule has 0 aliphatic heterocycles. The molecule has 0 radical (unpaired) electrons. The van der Waals surface area contributed by atoms with Crippen molar-refractivity contribution in [3.8, 4) is 0 Å². The number of rotatable bonds is 1. The molecule has 1 aliphatic carbocycles. The molecule has 0 aromatic rings. The largest absolute Gasteiger partial charge is 0.303 e. The van der Waals surface area contributed by atoms with Crippen molar-refractivity contribution in [1.29, 1.82) is 0 Å². The molecule has 2 nitrogen and oxygen atoms in total. The summed E-state index contributed by atoms with van der Waals surface area (Å²) in [7, 11) is 0. The topological polar surface area (TPSA) is 34.1 Å². The smallest absolute Gasteiger partial charge is 0.165 e. The van der Waals surface area contributed by atoms with Crippen molar-refractivity contribution < 1.29 is 14.0 Å². The number of halogens is 1. The van der Waals surface area contributed by atoms with Crippen LogP contribution in [0.5, 0.6) is 0 Å². The Labute approximate surface area is 57.7 Å². The Morgan fingerprint density at radius 3 is 2.90 bits per heavy atom. The van der Waals surface area contributed by atoms with Gasteiger partial charge in [0.2, 0.25) is 0 Å². The van der Waals surface area contributed by atoms with Crippen LogP contribution in [0.1, 0.15) is 6.42 Å². The van der Waals surface area contributed by atoms with Gasteiger partial charge in [-0.2, -0.15) is 0 Å². The minimum Gasteiger partial charge on any atom is -0.303 e. The highest BCUT2D eigenvalue weighted by Crippen LogP contribution is 2.15. The normalized spacial score (nSPS) is 32.3. The Balaban J connectivity index is 2.71. The molecule has 0 fully saturated rings. The average molecular weight is 142 g/mol. The first-order valence-corrected chi connectivity index (χ1v) is 3.05. The molecule has 0 spiro atoms. The van der Waals surface area contributed by atoms with E-state index in [9.17, 15) is 14.0 Å². The van der Waals surface area contributed by atoms with Crippen LogP contribution >= 0.6 is 0 Å². The first-order chi connectivity index (χ1) is 4.74. The molecule has 3 heteroatoms. The van der Waals surface area contributed by atoms with E-state index < -0.39 is 12.1 Å². The number of hydrogen-bond donors (Lipinski definition) is 0. The summed E-state index contributed by atoms with van der Waals surface area (Å²) < 4.78 is 12.4. The molecule has 54 valence electrons. The lowest BCUT2D eigenvalue weighted by atomic mass is 9.94. The summed E-state index contributed by atoms with van der Waals surface area (Å²) in [5, 5.41) is 0. The van der Waals surface area contributed by atoms with Gasteiger partial charge in [0.15, 0.2) is 5.78 Å². The first kappa shape index (κ1) is 7.12. The second-order valence-corrected chi connectivity index (χ2v) is 2.26. The van der Waals surface area contributed by atoms with Gasteiger partial charge in [-0.25, -0.2) is 4.39 Å². The lowest BCUT2D eigenvalue weighted by Gasteiger charge is -2.12. The van der Waals surface area contributed by atoms with Gasteiger partial charge >= 0.3 is 0 Å². The highest BCUT2D eigenvalue weighted by molar-refractivity contribution is 6.01. The molecule has 1 aliphatic rings. The van der Waals surface area contributed by atoms with Crippen molar-refractivity contribution in [2.45, 2.75) is 12.6 Å². The number of aldehydes is 1. The molecule has 0 N–H and O–H groups in total. The van der Waals surface area contributed by atoms with Crippen LogP contribution in [0.4, 0.5) is 4.39 Å². The van der Waals surface area contributed by atoms with Gasteiger partial charge in [0.1, 0.15) is 12.5 Å². The molecule has 0 saturated carbocycles. The first-order valence-electron chi connectivity index (χ1n) is 3.05. The van der Waals surface area contributed by atoms with Crippen molar-refractivity contribution in [1.82, 2.24) is 0 Å². The van der Waals surface area contributed by atoms with E-state index in [0.717, 1.165) is 6.08 Å². The van der Waals surface area contributed by atoms with E-state index in [1.54, 1.807) is 0 Å². The SMILES string of the molecule is O=CC1CC(F)C=CC1=O. The number of carbonyl (C=O) groups excluding carboxylic acids is 2. The Hall–Kier alpha value is -0.990. The molecule has 0 aromatic carbocycles. The number of carbonyl (C=O) groups is 2. The van der Waals surface area contributed by atoms with Crippen LogP contribution in [-0.4, -0.2) is 18.2 Å². The summed E-state index contributed by atoms with van der Waals surface area (Å²) in [4.78, 5) is 20.8. The Kier molecular flexibility index (Phi) is 1.94. The van der Waals surface area contributed by atoms with E-state index in [2.05, 4.69) is 0 Å². The van der Waals surface area contributed by atoms with Crippen molar-refractivity contribution >= 4 is 12.1 Å². The second-order valence-electron chi connectivity index (χ2n) is 2.26. The Morgan fingerprint density at radius 2 is 2.40 bits per heavy atom. The van der Waals surface area contributed by atoms with E-state index in [1.165, 1.54) is 6.08 Å². The maximum Gasteiger partial charge on any atom is 0.165 e. The lowest BCUT2D eigenvalue weighted by molar-refractivity contribution is -0.125. The molecular weight excluding hydrogens is 135 g/mol. The lowest BCUT2D eigenvalue weighted by Crippen LogP contribution is -2.22. The number of hydrogen-bond acceptors (Lipinski definition) is 2. The van der Waals surface area contributed by atoms with Gasteiger partial charge in [-0.1, -0.05) is 0 Å². The fourth-order valence-corrected chi connectivity index (χ4v) is 0.883. The van der Waals surface area contributed by atoms with E-state index >= 15 is 0 Å². The zero-order chi connectivity index (χ0) is 7.56. The second kappa shape index (κ2) is 2.73. The van der Waals surface area contributed by atoms with Gasteiger partial charge in [0, 0.05) is 0 Å². The van der Waals surface area contributed by atoms with E-state index in [4.69, 9.17) is 0 Å².